The van der Waals surface area contributed by atoms with E-state index in [4.69, 9.17) is 0 Å². The van der Waals surface area contributed by atoms with E-state index >= 15 is 0 Å². The van der Waals surface area contributed by atoms with Crippen LogP contribution >= 0.6 is 0 Å². The van der Waals surface area contributed by atoms with Gasteiger partial charge in [0.05, 0.1) is 18.4 Å². The highest BCUT2D eigenvalue weighted by atomic mass is 16.2. The number of hydrogen-bond acceptors (Lipinski definition) is 7. The molecule has 0 aromatic carbocycles. The van der Waals surface area contributed by atoms with Crippen LogP contribution in [0.5, 0.6) is 0 Å². The molecule has 5 rings (SSSR count). The molecule has 3 atom stereocenters. The Balaban J connectivity index is 1.41. The summed E-state index contributed by atoms with van der Waals surface area (Å²) < 4.78 is 0. The molecule has 2 fully saturated rings. The number of piperidine rings is 1. The zero-order valence-corrected chi connectivity index (χ0v) is 16.4. The highest BCUT2D eigenvalue weighted by molar-refractivity contribution is 5.96. The van der Waals surface area contributed by atoms with Gasteiger partial charge < -0.3 is 10.2 Å². The molecule has 9 nitrogen and oxygen atoms in total. The van der Waals surface area contributed by atoms with Gasteiger partial charge in [0.2, 0.25) is 5.95 Å². The maximum atomic E-state index is 13.5. The Morgan fingerprint density at radius 2 is 1.86 bits per heavy atom. The summed E-state index contributed by atoms with van der Waals surface area (Å²) in [6.07, 6.45) is 8.77. The van der Waals surface area contributed by atoms with Gasteiger partial charge in [-0.3, -0.25) is 4.79 Å². The van der Waals surface area contributed by atoms with Gasteiger partial charge in [-0.25, -0.2) is 15.0 Å². The molecule has 29 heavy (non-hydrogen) atoms. The smallest absolute Gasteiger partial charge is 0.275 e. The highest BCUT2D eigenvalue weighted by Crippen LogP contribution is 2.39. The number of pyridine rings is 1. The van der Waals surface area contributed by atoms with Crippen molar-refractivity contribution in [2.75, 3.05) is 11.9 Å². The van der Waals surface area contributed by atoms with E-state index in [0.717, 1.165) is 30.6 Å². The molecule has 1 aliphatic carbocycles. The number of fused-ring (bicyclic) bond motifs is 2. The normalized spacial score (nSPS) is 22.8. The summed E-state index contributed by atoms with van der Waals surface area (Å²) in [6.45, 7) is 4.59. The number of amides is 1. The number of nitrogens with one attached hydrogen (secondary N) is 1. The van der Waals surface area contributed by atoms with Crippen LogP contribution in [0.2, 0.25) is 0 Å². The van der Waals surface area contributed by atoms with Crippen molar-refractivity contribution in [3.05, 3.63) is 53.9 Å². The minimum Gasteiger partial charge on any atom is -0.349 e. The fraction of sp³-hybridized carbons (Fsp3) is 0.400. The van der Waals surface area contributed by atoms with Gasteiger partial charge in [0, 0.05) is 30.7 Å². The largest absolute Gasteiger partial charge is 0.349 e. The topological polar surface area (TPSA) is 102 Å². The maximum absolute atomic E-state index is 13.5. The molecule has 1 N–H and O–H groups in total. The Labute approximate surface area is 168 Å². The van der Waals surface area contributed by atoms with Crippen LogP contribution in [0.1, 0.15) is 34.6 Å². The quantitative estimate of drug-likeness (QED) is 0.724. The number of aromatic nitrogens is 6. The summed E-state index contributed by atoms with van der Waals surface area (Å²) in [5.41, 5.74) is 2.79. The van der Waals surface area contributed by atoms with E-state index in [1.807, 2.05) is 30.9 Å². The van der Waals surface area contributed by atoms with Crippen LogP contribution < -0.4 is 5.32 Å². The lowest BCUT2D eigenvalue weighted by Crippen LogP contribution is -2.48. The van der Waals surface area contributed by atoms with E-state index in [1.54, 1.807) is 24.8 Å². The molecule has 1 amide bonds. The minimum atomic E-state index is -0.0789. The van der Waals surface area contributed by atoms with Crippen LogP contribution in [0.15, 0.2) is 36.9 Å². The van der Waals surface area contributed by atoms with E-state index in [2.05, 4.69) is 30.5 Å². The molecule has 3 aromatic rings. The summed E-state index contributed by atoms with van der Waals surface area (Å²) in [6, 6.07) is 3.94. The van der Waals surface area contributed by atoms with Gasteiger partial charge in [0.1, 0.15) is 5.69 Å². The lowest BCUT2D eigenvalue weighted by Gasteiger charge is -2.33. The van der Waals surface area contributed by atoms with Crippen molar-refractivity contribution in [2.45, 2.75) is 38.8 Å². The van der Waals surface area contributed by atoms with E-state index in [0.29, 0.717) is 23.2 Å². The lowest BCUT2D eigenvalue weighted by atomic mass is 10.0. The zero-order chi connectivity index (χ0) is 20.0. The van der Waals surface area contributed by atoms with Crippen molar-refractivity contribution in [3.63, 3.8) is 0 Å². The zero-order valence-electron chi connectivity index (χ0n) is 16.4. The first-order chi connectivity index (χ1) is 14.1. The van der Waals surface area contributed by atoms with Crippen molar-refractivity contribution in [3.8, 4) is 5.69 Å². The number of nitrogens with zero attached hydrogens (tertiary/aromatic N) is 7. The highest BCUT2D eigenvalue weighted by Gasteiger charge is 2.48. The fourth-order valence-corrected chi connectivity index (χ4v) is 4.39. The summed E-state index contributed by atoms with van der Waals surface area (Å²) in [7, 11) is 0. The molecule has 1 saturated carbocycles. The van der Waals surface area contributed by atoms with Crippen molar-refractivity contribution in [2.24, 2.45) is 5.92 Å². The Hall–Kier alpha value is -3.36. The predicted octanol–water partition coefficient (Wildman–Crippen LogP) is 1.78. The summed E-state index contributed by atoms with van der Waals surface area (Å²) in [4.78, 5) is 30.1. The minimum absolute atomic E-state index is 0.0789. The third-order valence-electron chi connectivity index (χ3n) is 5.69. The van der Waals surface area contributed by atoms with Crippen LogP contribution in [-0.4, -0.2) is 59.4 Å². The van der Waals surface area contributed by atoms with E-state index in [9.17, 15) is 4.79 Å². The standard InChI is InChI=1S/C20H22N8O/c1-12-9-21-20(22-10-12)26-15-7-14-8-17(15)27(11-14)19(29)18-16(4-3-13(2)25-18)28-23-5-6-24-28/h3-6,9-10,14-15,17H,7-8,11H2,1-2H3,(H,21,22,26). The predicted molar refractivity (Wildman–Crippen MR) is 106 cm³/mol. The van der Waals surface area contributed by atoms with E-state index in [-0.39, 0.29) is 18.0 Å². The van der Waals surface area contributed by atoms with Gasteiger partial charge >= 0.3 is 0 Å². The molecule has 2 aliphatic rings. The Bertz CT molecular complexity index is 1030. The Kier molecular flexibility index (Phi) is 4.22. The number of aryl methyl sites for hydroxylation is 2. The van der Waals surface area contributed by atoms with Crippen molar-refractivity contribution < 1.29 is 4.79 Å². The monoisotopic (exact) mass is 390 g/mol. The SMILES string of the molecule is Cc1cnc(NC2CC3CC2N(C(=O)c2nc(C)ccc2-n2nccn2)C3)nc1. The van der Waals surface area contributed by atoms with Crippen molar-refractivity contribution in [1.29, 1.82) is 0 Å². The summed E-state index contributed by atoms with van der Waals surface area (Å²) >= 11 is 0. The average molecular weight is 390 g/mol. The lowest BCUT2D eigenvalue weighted by molar-refractivity contribution is 0.0685. The summed E-state index contributed by atoms with van der Waals surface area (Å²) in [5, 5.41) is 11.8. The molecule has 0 radical (unpaired) electrons. The van der Waals surface area contributed by atoms with Gasteiger partial charge in [-0.1, -0.05) is 0 Å². The number of carbonyl (C=O) groups is 1. The molecule has 3 unspecified atom stereocenters. The number of rotatable bonds is 4. The number of carbonyl (C=O) groups excluding carboxylic acids is 1. The molecule has 3 aromatic heterocycles. The molecule has 4 heterocycles. The first-order valence-electron chi connectivity index (χ1n) is 9.79. The summed E-state index contributed by atoms with van der Waals surface area (Å²) in [5.74, 6) is 1.00. The number of hydrogen-bond donors (Lipinski definition) is 1. The first-order valence-corrected chi connectivity index (χ1v) is 9.79. The number of anilines is 1. The molecule has 9 heteroatoms. The third-order valence-corrected chi connectivity index (χ3v) is 5.69. The molecule has 1 saturated heterocycles. The maximum Gasteiger partial charge on any atom is 0.275 e. The van der Waals surface area contributed by atoms with Gasteiger partial charge in [-0.05, 0) is 50.3 Å². The Morgan fingerprint density at radius 3 is 2.59 bits per heavy atom. The van der Waals surface area contributed by atoms with Gasteiger partial charge in [0.15, 0.2) is 5.69 Å². The number of likely N-dealkylation sites (tertiary alicyclic amines) is 1. The second-order valence-corrected chi connectivity index (χ2v) is 7.84. The van der Waals surface area contributed by atoms with Crippen LogP contribution in [0.4, 0.5) is 5.95 Å². The Morgan fingerprint density at radius 1 is 1.10 bits per heavy atom. The average Bonchev–Trinajstić information content (AvgIpc) is 3.46. The van der Waals surface area contributed by atoms with Crippen LogP contribution in [0, 0.1) is 19.8 Å². The second kappa shape index (κ2) is 6.91. The van der Waals surface area contributed by atoms with E-state index < -0.39 is 0 Å². The van der Waals surface area contributed by atoms with Crippen LogP contribution in [0.3, 0.4) is 0 Å². The van der Waals surface area contributed by atoms with Crippen LogP contribution in [-0.2, 0) is 0 Å². The molecule has 148 valence electrons. The molecule has 0 spiro atoms. The van der Waals surface area contributed by atoms with Crippen molar-refractivity contribution in [1.82, 2.24) is 34.8 Å². The van der Waals surface area contributed by atoms with Gasteiger partial charge in [0.25, 0.3) is 5.91 Å². The van der Waals surface area contributed by atoms with Gasteiger partial charge in [-0.2, -0.15) is 10.2 Å². The molecule has 2 bridgehead atoms. The second-order valence-electron chi connectivity index (χ2n) is 7.84. The van der Waals surface area contributed by atoms with Crippen LogP contribution in [0.25, 0.3) is 5.69 Å². The van der Waals surface area contributed by atoms with E-state index in [1.165, 1.54) is 4.80 Å². The third kappa shape index (κ3) is 3.22. The first kappa shape index (κ1) is 17.7. The molecular formula is C20H22N8O. The van der Waals surface area contributed by atoms with Crippen molar-refractivity contribution >= 4 is 11.9 Å². The van der Waals surface area contributed by atoms with Gasteiger partial charge in [-0.15, -0.1) is 4.80 Å². The fourth-order valence-electron chi connectivity index (χ4n) is 4.39. The molecule has 1 aliphatic heterocycles. The molecular weight excluding hydrogens is 368 g/mol.